The predicted octanol–water partition coefficient (Wildman–Crippen LogP) is 3.64. The quantitative estimate of drug-likeness (QED) is 0.446. The molecule has 3 rings (SSSR count). The molecule has 0 saturated carbocycles. The fraction of sp³-hybridized carbons (Fsp3) is 0.250. The van der Waals surface area contributed by atoms with E-state index in [1.165, 1.54) is 0 Å². The molecule has 20 heavy (non-hydrogen) atoms. The molecular weight excluding hydrogens is 254 g/mol. The van der Waals surface area contributed by atoms with Crippen molar-refractivity contribution in [1.29, 1.82) is 0 Å². The Bertz CT molecular complexity index is 546. The summed E-state index contributed by atoms with van der Waals surface area (Å²) in [5.41, 5.74) is 2.63. The van der Waals surface area contributed by atoms with Gasteiger partial charge in [-0.3, -0.25) is 4.79 Å². The normalized spacial score (nSPS) is 14.2. The number of carbonyl (C=O) groups excluding carboxylic acids is 2. The van der Waals surface area contributed by atoms with E-state index in [4.69, 9.17) is 4.74 Å². The fourth-order valence-corrected chi connectivity index (χ4v) is 1.84. The van der Waals surface area contributed by atoms with Crippen LogP contribution in [0.25, 0.3) is 11.1 Å². The molecule has 0 fully saturated rings. The van der Waals surface area contributed by atoms with Gasteiger partial charge >= 0.3 is 5.97 Å². The number of rotatable bonds is 0. The van der Waals surface area contributed by atoms with Crippen molar-refractivity contribution in [3.8, 4) is 5.75 Å². The van der Waals surface area contributed by atoms with E-state index in [1.54, 1.807) is 12.1 Å². The van der Waals surface area contributed by atoms with Crippen LogP contribution in [0.4, 0.5) is 5.69 Å². The molecule has 1 aromatic rings. The van der Waals surface area contributed by atoms with Crippen LogP contribution in [0.3, 0.4) is 0 Å². The standard InChI is InChI=1S/C12H7NO3.2C2H6/c1-5-7-4-10-8(6(2)12(15)16-10)3-9(7)13-11(5)14;2*1-2/h3-4H,1-2H2,(H,13,14);2*1-2H3. The van der Waals surface area contributed by atoms with E-state index in [0.717, 1.165) is 0 Å². The highest BCUT2D eigenvalue weighted by molar-refractivity contribution is 6.32. The summed E-state index contributed by atoms with van der Waals surface area (Å²) in [7, 11) is 0. The minimum atomic E-state index is -0.449. The van der Waals surface area contributed by atoms with Gasteiger partial charge in [-0.25, -0.2) is 4.79 Å². The zero-order chi connectivity index (χ0) is 15.4. The minimum absolute atomic E-state index is 0.226. The zero-order valence-corrected chi connectivity index (χ0v) is 12.3. The van der Waals surface area contributed by atoms with Crippen LogP contribution in [-0.4, -0.2) is 11.9 Å². The number of fused-ring (bicyclic) bond motifs is 2. The molecule has 0 saturated heterocycles. The molecule has 0 bridgehead atoms. The van der Waals surface area contributed by atoms with E-state index in [9.17, 15) is 9.59 Å². The Hall–Kier alpha value is -2.36. The van der Waals surface area contributed by atoms with Gasteiger partial charge in [0.1, 0.15) is 5.75 Å². The van der Waals surface area contributed by atoms with Crippen molar-refractivity contribution in [2.45, 2.75) is 27.7 Å². The summed E-state index contributed by atoms with van der Waals surface area (Å²) in [6, 6.07) is 3.33. The highest BCUT2D eigenvalue weighted by atomic mass is 16.5. The number of nitrogens with one attached hydrogen (secondary N) is 1. The molecule has 1 aromatic carbocycles. The van der Waals surface area contributed by atoms with Crippen molar-refractivity contribution in [2.75, 3.05) is 5.32 Å². The summed E-state index contributed by atoms with van der Waals surface area (Å²) < 4.78 is 5.01. The van der Waals surface area contributed by atoms with Crippen LogP contribution in [-0.2, 0) is 9.59 Å². The lowest BCUT2D eigenvalue weighted by atomic mass is 10.0. The molecule has 0 spiro atoms. The van der Waals surface area contributed by atoms with Crippen molar-refractivity contribution in [3.05, 3.63) is 36.4 Å². The molecule has 4 nitrogen and oxygen atoms in total. The lowest BCUT2D eigenvalue weighted by Crippen LogP contribution is -2.02. The first-order valence-electron chi connectivity index (χ1n) is 6.68. The van der Waals surface area contributed by atoms with Crippen molar-refractivity contribution in [3.63, 3.8) is 0 Å². The number of ether oxygens (including phenoxy) is 1. The summed E-state index contributed by atoms with van der Waals surface area (Å²) >= 11 is 0. The monoisotopic (exact) mass is 273 g/mol. The van der Waals surface area contributed by atoms with Crippen LogP contribution in [0.5, 0.6) is 5.75 Å². The van der Waals surface area contributed by atoms with E-state index in [1.807, 2.05) is 27.7 Å². The lowest BCUT2D eigenvalue weighted by Gasteiger charge is -2.01. The van der Waals surface area contributed by atoms with Crippen LogP contribution in [0.1, 0.15) is 38.8 Å². The number of anilines is 1. The highest BCUT2D eigenvalue weighted by Gasteiger charge is 2.31. The second-order valence-electron chi connectivity index (χ2n) is 3.69. The molecule has 0 aromatic heterocycles. The average Bonchev–Trinajstić information content (AvgIpc) is 2.91. The molecule has 1 amide bonds. The number of carbonyl (C=O) groups is 2. The summed E-state index contributed by atoms with van der Waals surface area (Å²) in [6.07, 6.45) is 0. The highest BCUT2D eigenvalue weighted by Crippen LogP contribution is 2.41. The van der Waals surface area contributed by atoms with E-state index in [-0.39, 0.29) is 5.91 Å². The second kappa shape index (κ2) is 6.19. The van der Waals surface area contributed by atoms with E-state index < -0.39 is 5.97 Å². The third-order valence-electron chi connectivity index (χ3n) is 2.74. The maximum absolute atomic E-state index is 11.4. The van der Waals surface area contributed by atoms with Gasteiger partial charge in [0.05, 0.1) is 5.57 Å². The topological polar surface area (TPSA) is 55.4 Å². The molecular formula is C16H19NO3. The molecule has 0 radical (unpaired) electrons. The molecule has 2 heterocycles. The molecule has 0 aliphatic carbocycles. The van der Waals surface area contributed by atoms with Gasteiger partial charge in [-0.05, 0) is 12.1 Å². The first kappa shape index (κ1) is 15.7. The van der Waals surface area contributed by atoms with Crippen LogP contribution in [0.15, 0.2) is 25.3 Å². The van der Waals surface area contributed by atoms with Crippen molar-refractivity contribution >= 4 is 28.7 Å². The number of amides is 1. The lowest BCUT2D eigenvalue weighted by molar-refractivity contribution is -0.127. The van der Waals surface area contributed by atoms with Crippen molar-refractivity contribution in [2.24, 2.45) is 0 Å². The summed E-state index contributed by atoms with van der Waals surface area (Å²) in [5, 5.41) is 2.67. The van der Waals surface area contributed by atoms with E-state index in [2.05, 4.69) is 18.5 Å². The van der Waals surface area contributed by atoms with Gasteiger partial charge < -0.3 is 10.1 Å². The number of hydrogen-bond acceptors (Lipinski definition) is 3. The molecule has 2 aliphatic rings. The molecule has 106 valence electrons. The van der Waals surface area contributed by atoms with Crippen molar-refractivity contribution in [1.82, 2.24) is 0 Å². The van der Waals surface area contributed by atoms with Gasteiger partial charge in [0.25, 0.3) is 5.91 Å². The molecule has 1 N–H and O–H groups in total. The van der Waals surface area contributed by atoms with Crippen LogP contribution >= 0.6 is 0 Å². The second-order valence-corrected chi connectivity index (χ2v) is 3.69. The summed E-state index contributed by atoms with van der Waals surface area (Å²) in [6.45, 7) is 15.3. The Morgan fingerprint density at radius 2 is 1.55 bits per heavy atom. The Kier molecular flexibility index (Phi) is 4.86. The SMILES string of the molecule is C=C1C(=O)Nc2cc3c(cc21)OC(=O)C3=C.CC.CC. The zero-order valence-electron chi connectivity index (χ0n) is 12.3. The first-order valence-corrected chi connectivity index (χ1v) is 6.68. The maximum atomic E-state index is 11.4. The smallest absolute Gasteiger partial charge is 0.343 e. The fourth-order valence-electron chi connectivity index (χ4n) is 1.84. The molecule has 2 aliphatic heterocycles. The number of hydrogen-bond donors (Lipinski definition) is 1. The Labute approximate surface area is 119 Å². The van der Waals surface area contributed by atoms with Gasteiger partial charge in [-0.2, -0.15) is 0 Å². The van der Waals surface area contributed by atoms with Gasteiger partial charge in [0, 0.05) is 22.4 Å². The average molecular weight is 273 g/mol. The first-order chi connectivity index (χ1) is 9.58. The predicted molar refractivity (Wildman–Crippen MR) is 81.5 cm³/mol. The number of benzene rings is 1. The molecule has 0 atom stereocenters. The summed E-state index contributed by atoms with van der Waals surface area (Å²) in [4.78, 5) is 22.6. The van der Waals surface area contributed by atoms with E-state index >= 15 is 0 Å². The van der Waals surface area contributed by atoms with Gasteiger partial charge in [-0.15, -0.1) is 0 Å². The van der Waals surface area contributed by atoms with Crippen LogP contribution in [0.2, 0.25) is 0 Å². The van der Waals surface area contributed by atoms with Crippen molar-refractivity contribution < 1.29 is 14.3 Å². The number of esters is 1. The van der Waals surface area contributed by atoms with E-state index in [0.29, 0.717) is 33.7 Å². The Balaban J connectivity index is 0.000000461. The van der Waals surface area contributed by atoms with Crippen LogP contribution in [0, 0.1) is 0 Å². The minimum Gasteiger partial charge on any atom is -0.422 e. The third kappa shape index (κ3) is 2.37. The third-order valence-corrected chi connectivity index (χ3v) is 2.74. The van der Waals surface area contributed by atoms with Gasteiger partial charge in [0.2, 0.25) is 0 Å². The van der Waals surface area contributed by atoms with Gasteiger partial charge in [-0.1, -0.05) is 40.9 Å². The molecule has 0 unspecified atom stereocenters. The van der Waals surface area contributed by atoms with Gasteiger partial charge in [0.15, 0.2) is 0 Å². The Morgan fingerprint density at radius 1 is 0.950 bits per heavy atom. The maximum Gasteiger partial charge on any atom is 0.343 e. The largest absolute Gasteiger partial charge is 0.422 e. The summed E-state index contributed by atoms with van der Waals surface area (Å²) in [5.74, 6) is -0.238. The Morgan fingerprint density at radius 3 is 2.15 bits per heavy atom. The van der Waals surface area contributed by atoms with Crippen LogP contribution < -0.4 is 10.1 Å². The molecule has 4 heteroatoms.